The molecule has 0 radical (unpaired) electrons. The molecule has 2 aromatic carbocycles. The first-order valence-electron chi connectivity index (χ1n) is 11.4. The Kier molecular flexibility index (Phi) is 7.71. The number of carbonyl (C=O) groups is 2. The van der Waals surface area contributed by atoms with E-state index in [2.05, 4.69) is 41.0 Å². The number of fused-ring (bicyclic) bond motifs is 1. The number of amides is 2. The summed E-state index contributed by atoms with van der Waals surface area (Å²) in [6.07, 6.45) is 3.40. The number of anilines is 2. The van der Waals surface area contributed by atoms with Crippen molar-refractivity contribution >= 4 is 45.6 Å². The van der Waals surface area contributed by atoms with Gasteiger partial charge in [-0.1, -0.05) is 43.3 Å². The average molecular weight is 490 g/mol. The fraction of sp³-hybridized carbons (Fsp3) is 0.296. The molecule has 1 heterocycles. The number of nitrogens with one attached hydrogen (secondary N) is 2. The summed E-state index contributed by atoms with van der Waals surface area (Å²) in [5.41, 5.74) is 3.75. The highest BCUT2D eigenvalue weighted by Gasteiger charge is 2.28. The molecule has 0 saturated carbocycles. The number of rotatable bonds is 7. The molecule has 0 fully saturated rings. The van der Waals surface area contributed by atoms with E-state index in [1.54, 1.807) is 11.3 Å². The molecule has 2 amide bonds. The van der Waals surface area contributed by atoms with E-state index in [0.29, 0.717) is 28.6 Å². The van der Waals surface area contributed by atoms with Gasteiger partial charge in [0, 0.05) is 22.4 Å². The lowest BCUT2D eigenvalue weighted by atomic mass is 9.83. The lowest BCUT2D eigenvalue weighted by Gasteiger charge is -2.22. The van der Waals surface area contributed by atoms with Crippen molar-refractivity contribution < 1.29 is 9.59 Å². The summed E-state index contributed by atoms with van der Waals surface area (Å²) in [5, 5.41) is 16.0. The van der Waals surface area contributed by atoms with Crippen molar-refractivity contribution in [2.75, 3.05) is 10.6 Å². The molecule has 174 valence electrons. The second kappa shape index (κ2) is 10.9. The molecule has 0 aliphatic heterocycles. The molecule has 2 unspecified atom stereocenters. The fourth-order valence-corrected chi connectivity index (χ4v) is 6.63. The van der Waals surface area contributed by atoms with E-state index < -0.39 is 0 Å². The van der Waals surface area contributed by atoms with Gasteiger partial charge in [0.15, 0.2) is 0 Å². The van der Waals surface area contributed by atoms with Crippen LogP contribution in [-0.4, -0.2) is 17.1 Å². The van der Waals surface area contributed by atoms with Crippen molar-refractivity contribution in [2.45, 2.75) is 55.6 Å². The van der Waals surface area contributed by atoms with Gasteiger partial charge < -0.3 is 10.6 Å². The quantitative estimate of drug-likeness (QED) is 0.378. The predicted octanol–water partition coefficient (Wildman–Crippen LogP) is 6.36. The van der Waals surface area contributed by atoms with Crippen LogP contribution >= 0.6 is 23.1 Å². The summed E-state index contributed by atoms with van der Waals surface area (Å²) in [7, 11) is 0. The first-order valence-corrected chi connectivity index (χ1v) is 13.1. The zero-order chi connectivity index (χ0) is 24.1. The second-order valence-electron chi connectivity index (χ2n) is 8.38. The third kappa shape index (κ3) is 5.52. The van der Waals surface area contributed by atoms with Gasteiger partial charge >= 0.3 is 0 Å². The van der Waals surface area contributed by atoms with E-state index in [1.807, 2.05) is 37.3 Å². The summed E-state index contributed by atoms with van der Waals surface area (Å²) in [6, 6.07) is 20.3. The number of carbonyl (C=O) groups excluding carboxylic acids is 2. The first kappa shape index (κ1) is 24.1. The number of nitrogens with zero attached hydrogens (tertiary/aromatic N) is 1. The van der Waals surface area contributed by atoms with Gasteiger partial charge in [0.2, 0.25) is 11.8 Å². The maximum atomic E-state index is 13.2. The van der Waals surface area contributed by atoms with Gasteiger partial charge in [0.25, 0.3) is 0 Å². The topological polar surface area (TPSA) is 82.0 Å². The third-order valence-corrected chi connectivity index (χ3v) is 8.51. The monoisotopic (exact) mass is 489 g/mol. The zero-order valence-corrected chi connectivity index (χ0v) is 20.9. The van der Waals surface area contributed by atoms with Crippen LogP contribution < -0.4 is 10.6 Å². The van der Waals surface area contributed by atoms with Crippen molar-refractivity contribution in [1.29, 1.82) is 5.26 Å². The Bertz CT molecular complexity index is 1230. The summed E-state index contributed by atoms with van der Waals surface area (Å²) >= 11 is 3.01. The summed E-state index contributed by atoms with van der Waals surface area (Å²) in [6.45, 7) is 3.45. The van der Waals surface area contributed by atoms with Crippen LogP contribution in [0.15, 0.2) is 59.5 Å². The minimum Gasteiger partial charge on any atom is -0.326 e. The van der Waals surface area contributed by atoms with Gasteiger partial charge in [0.05, 0.1) is 10.8 Å². The van der Waals surface area contributed by atoms with Crippen LogP contribution in [0.2, 0.25) is 0 Å². The molecule has 4 rings (SSSR count). The SMILES string of the molecule is CCC(Sc1cccc(NC(C)=O)c1)C(=O)Nc1sc2c(c1C#N)CCC(c1ccccc1)C2. The third-order valence-electron chi connectivity index (χ3n) is 5.98. The highest BCUT2D eigenvalue weighted by atomic mass is 32.2. The Morgan fingerprint density at radius 3 is 2.68 bits per heavy atom. The maximum Gasteiger partial charge on any atom is 0.238 e. The van der Waals surface area contributed by atoms with Crippen molar-refractivity contribution in [1.82, 2.24) is 0 Å². The Morgan fingerprint density at radius 2 is 1.97 bits per heavy atom. The molecular weight excluding hydrogens is 462 g/mol. The highest BCUT2D eigenvalue weighted by Crippen LogP contribution is 2.42. The second-order valence-corrected chi connectivity index (χ2v) is 10.8. The Morgan fingerprint density at radius 1 is 1.18 bits per heavy atom. The smallest absolute Gasteiger partial charge is 0.238 e. The Labute approximate surface area is 208 Å². The number of nitriles is 1. The lowest BCUT2D eigenvalue weighted by Crippen LogP contribution is -2.24. The summed E-state index contributed by atoms with van der Waals surface area (Å²) in [4.78, 5) is 26.6. The molecule has 7 heteroatoms. The molecule has 1 aromatic heterocycles. The zero-order valence-electron chi connectivity index (χ0n) is 19.3. The van der Waals surface area contributed by atoms with E-state index in [4.69, 9.17) is 0 Å². The average Bonchev–Trinajstić information content (AvgIpc) is 3.18. The molecule has 5 nitrogen and oxygen atoms in total. The number of hydrogen-bond acceptors (Lipinski definition) is 5. The minimum atomic E-state index is -0.310. The van der Waals surface area contributed by atoms with Crippen molar-refractivity contribution in [3.05, 3.63) is 76.2 Å². The van der Waals surface area contributed by atoms with Crippen LogP contribution in [0.25, 0.3) is 0 Å². The molecule has 0 spiro atoms. The summed E-state index contributed by atoms with van der Waals surface area (Å²) < 4.78 is 0. The largest absolute Gasteiger partial charge is 0.326 e. The molecule has 0 saturated heterocycles. The predicted molar refractivity (Wildman–Crippen MR) is 140 cm³/mol. The highest BCUT2D eigenvalue weighted by molar-refractivity contribution is 8.00. The molecule has 1 aliphatic rings. The minimum absolute atomic E-state index is 0.105. The van der Waals surface area contributed by atoms with Gasteiger partial charge in [-0.05, 0) is 60.9 Å². The normalized spacial score (nSPS) is 15.6. The van der Waals surface area contributed by atoms with Crippen LogP contribution in [-0.2, 0) is 22.4 Å². The number of hydrogen-bond donors (Lipinski definition) is 2. The fourth-order valence-electron chi connectivity index (χ4n) is 4.33. The van der Waals surface area contributed by atoms with Crippen molar-refractivity contribution in [3.8, 4) is 6.07 Å². The molecule has 0 bridgehead atoms. The Balaban J connectivity index is 1.49. The van der Waals surface area contributed by atoms with Gasteiger partial charge in [-0.15, -0.1) is 23.1 Å². The molecule has 2 N–H and O–H groups in total. The number of thiophene rings is 1. The van der Waals surface area contributed by atoms with Crippen LogP contribution in [0, 0.1) is 11.3 Å². The van der Waals surface area contributed by atoms with Crippen LogP contribution in [0.5, 0.6) is 0 Å². The summed E-state index contributed by atoms with van der Waals surface area (Å²) in [5.74, 6) is 0.205. The van der Waals surface area contributed by atoms with E-state index in [0.717, 1.165) is 29.7 Å². The van der Waals surface area contributed by atoms with E-state index in [1.165, 1.54) is 29.1 Å². The van der Waals surface area contributed by atoms with E-state index in [-0.39, 0.29) is 17.1 Å². The van der Waals surface area contributed by atoms with Gasteiger partial charge in [-0.3, -0.25) is 9.59 Å². The van der Waals surface area contributed by atoms with Gasteiger partial charge in [-0.2, -0.15) is 5.26 Å². The Hall–Kier alpha value is -3.08. The number of thioether (sulfide) groups is 1. The molecular formula is C27H27N3O2S2. The van der Waals surface area contributed by atoms with Gasteiger partial charge in [0.1, 0.15) is 11.1 Å². The van der Waals surface area contributed by atoms with Crippen LogP contribution in [0.3, 0.4) is 0 Å². The van der Waals surface area contributed by atoms with Gasteiger partial charge in [-0.25, -0.2) is 0 Å². The molecule has 1 aliphatic carbocycles. The number of benzene rings is 2. The van der Waals surface area contributed by atoms with Crippen molar-refractivity contribution in [3.63, 3.8) is 0 Å². The van der Waals surface area contributed by atoms with Crippen molar-refractivity contribution in [2.24, 2.45) is 0 Å². The lowest BCUT2D eigenvalue weighted by molar-refractivity contribution is -0.116. The molecule has 34 heavy (non-hydrogen) atoms. The van der Waals surface area contributed by atoms with Crippen LogP contribution in [0.1, 0.15) is 54.2 Å². The van der Waals surface area contributed by atoms with E-state index >= 15 is 0 Å². The molecule has 2 atom stereocenters. The first-order chi connectivity index (χ1) is 16.5. The molecule has 3 aromatic rings. The van der Waals surface area contributed by atoms with E-state index in [9.17, 15) is 14.9 Å². The standard InChI is InChI=1S/C27H27N3O2S2/c1-3-24(33-21-11-7-10-20(15-21)29-17(2)31)26(32)30-27-23(16-28)22-13-12-19(14-25(22)34-27)18-8-5-4-6-9-18/h4-11,15,19,24H,3,12-14H2,1-2H3,(H,29,31)(H,30,32). The van der Waals surface area contributed by atoms with Crippen LogP contribution in [0.4, 0.5) is 10.7 Å². The maximum absolute atomic E-state index is 13.2.